The summed E-state index contributed by atoms with van der Waals surface area (Å²) < 4.78 is 27.3. The summed E-state index contributed by atoms with van der Waals surface area (Å²) in [4.78, 5) is 19.6. The fourth-order valence-electron chi connectivity index (χ4n) is 4.53. The number of carbonyl (C=O) groups excluding carboxylic acids is 1. The summed E-state index contributed by atoms with van der Waals surface area (Å²) in [6.45, 7) is 1.19. The molecule has 2 aromatic carbocycles. The number of benzene rings is 2. The molecule has 1 atom stereocenters. The van der Waals surface area contributed by atoms with Crippen LogP contribution in [-0.4, -0.2) is 50.3 Å². The van der Waals surface area contributed by atoms with E-state index in [0.29, 0.717) is 36.7 Å². The molecule has 1 aliphatic rings. The van der Waals surface area contributed by atoms with Gasteiger partial charge in [-0.3, -0.25) is 4.79 Å². The predicted molar refractivity (Wildman–Crippen MR) is 137 cm³/mol. The van der Waals surface area contributed by atoms with Crippen LogP contribution in [0.5, 0.6) is 11.5 Å². The highest BCUT2D eigenvalue weighted by atomic mass is 19.1. The first kappa shape index (κ1) is 23.5. The summed E-state index contributed by atoms with van der Waals surface area (Å²) in [7, 11) is 1.64. The van der Waals surface area contributed by atoms with Crippen LogP contribution in [0.1, 0.15) is 27.4 Å². The number of rotatable bonds is 7. The van der Waals surface area contributed by atoms with E-state index in [2.05, 4.69) is 25.2 Å². The lowest BCUT2D eigenvalue weighted by molar-refractivity contribution is 0.102. The average Bonchev–Trinajstić information content (AvgIpc) is 3.35. The highest BCUT2D eigenvalue weighted by Crippen LogP contribution is 2.33. The second kappa shape index (κ2) is 9.89. The van der Waals surface area contributed by atoms with Gasteiger partial charge < -0.3 is 14.4 Å². The SMILES string of the molecule is COc1ccc(CN2CC(Cc3nnc4ccc(C(=O)c5ccccc5F)nn34)Oc3cccnc32)cc1. The van der Waals surface area contributed by atoms with E-state index in [1.807, 2.05) is 36.4 Å². The van der Waals surface area contributed by atoms with Crippen LogP contribution in [0, 0.1) is 5.82 Å². The number of ether oxygens (including phenoxy) is 2. The third-order valence-corrected chi connectivity index (χ3v) is 6.39. The number of ketones is 1. The number of halogens is 1. The number of hydrogen-bond donors (Lipinski definition) is 0. The minimum atomic E-state index is -0.594. The number of pyridine rings is 1. The normalized spacial score (nSPS) is 14.7. The van der Waals surface area contributed by atoms with Crippen molar-refractivity contribution in [2.45, 2.75) is 19.1 Å². The number of nitrogens with zero attached hydrogens (tertiary/aromatic N) is 6. The lowest BCUT2D eigenvalue weighted by atomic mass is 10.1. The molecule has 0 spiro atoms. The van der Waals surface area contributed by atoms with Crippen molar-refractivity contribution < 1.29 is 18.7 Å². The van der Waals surface area contributed by atoms with Gasteiger partial charge in [0.05, 0.1) is 19.2 Å². The summed E-state index contributed by atoms with van der Waals surface area (Å²) >= 11 is 0. The maximum atomic E-state index is 14.2. The van der Waals surface area contributed by atoms with Crippen molar-refractivity contribution in [2.24, 2.45) is 0 Å². The molecule has 0 N–H and O–H groups in total. The van der Waals surface area contributed by atoms with Gasteiger partial charge >= 0.3 is 0 Å². The third kappa shape index (κ3) is 4.52. The Morgan fingerprint density at radius 2 is 1.89 bits per heavy atom. The quantitative estimate of drug-likeness (QED) is 0.304. The summed E-state index contributed by atoms with van der Waals surface area (Å²) in [5, 5.41) is 12.9. The van der Waals surface area contributed by atoms with Gasteiger partial charge in [0.2, 0.25) is 5.78 Å². The maximum Gasteiger partial charge on any atom is 0.216 e. The minimum absolute atomic E-state index is 0.0390. The predicted octanol–water partition coefficient (Wildman–Crippen LogP) is 3.91. The van der Waals surface area contributed by atoms with E-state index in [9.17, 15) is 9.18 Å². The monoisotopic (exact) mass is 510 g/mol. The summed E-state index contributed by atoms with van der Waals surface area (Å²) in [5.41, 5.74) is 1.65. The van der Waals surface area contributed by atoms with Gasteiger partial charge in [-0.05, 0) is 54.1 Å². The molecule has 0 saturated carbocycles. The summed E-state index contributed by atoms with van der Waals surface area (Å²) in [6.07, 6.45) is 1.86. The molecule has 0 aliphatic carbocycles. The molecule has 9 nitrogen and oxygen atoms in total. The van der Waals surface area contributed by atoms with E-state index >= 15 is 0 Å². The lowest BCUT2D eigenvalue weighted by Gasteiger charge is -2.35. The van der Waals surface area contributed by atoms with E-state index in [1.54, 1.807) is 25.4 Å². The Kier molecular flexibility index (Phi) is 6.12. The van der Waals surface area contributed by atoms with Gasteiger partial charge in [0.1, 0.15) is 23.4 Å². The highest BCUT2D eigenvalue weighted by molar-refractivity contribution is 6.07. The van der Waals surface area contributed by atoms with Crippen molar-refractivity contribution in [3.63, 3.8) is 0 Å². The molecule has 0 fully saturated rings. The van der Waals surface area contributed by atoms with E-state index in [4.69, 9.17) is 9.47 Å². The van der Waals surface area contributed by atoms with Gasteiger partial charge in [-0.25, -0.2) is 9.37 Å². The van der Waals surface area contributed by atoms with Crippen LogP contribution in [-0.2, 0) is 13.0 Å². The van der Waals surface area contributed by atoms with Crippen LogP contribution in [0.3, 0.4) is 0 Å². The molecule has 6 rings (SSSR count). The molecule has 3 aromatic heterocycles. The largest absolute Gasteiger partial charge is 0.497 e. The van der Waals surface area contributed by atoms with Gasteiger partial charge in [0.25, 0.3) is 0 Å². The average molecular weight is 511 g/mol. The van der Waals surface area contributed by atoms with Crippen molar-refractivity contribution >= 4 is 17.2 Å². The molecule has 0 radical (unpaired) electrons. The lowest BCUT2D eigenvalue weighted by Crippen LogP contribution is -2.41. The van der Waals surface area contributed by atoms with Gasteiger partial charge in [-0.15, -0.1) is 10.2 Å². The topological polar surface area (TPSA) is 94.7 Å². The van der Waals surface area contributed by atoms with E-state index in [0.717, 1.165) is 17.1 Å². The maximum absolute atomic E-state index is 14.2. The zero-order chi connectivity index (χ0) is 26.1. The molecule has 0 bridgehead atoms. The fourth-order valence-corrected chi connectivity index (χ4v) is 4.53. The Bertz CT molecular complexity index is 1620. The second-order valence-electron chi connectivity index (χ2n) is 8.91. The third-order valence-electron chi connectivity index (χ3n) is 6.39. The van der Waals surface area contributed by atoms with Crippen molar-refractivity contribution in [1.29, 1.82) is 0 Å². The molecule has 5 aromatic rings. The number of methoxy groups -OCH3 is 1. The van der Waals surface area contributed by atoms with E-state index in [-0.39, 0.29) is 17.4 Å². The Labute approximate surface area is 217 Å². The molecule has 10 heteroatoms. The Balaban J connectivity index is 1.27. The fraction of sp³-hybridized carbons (Fsp3) is 0.179. The Morgan fingerprint density at radius 3 is 2.71 bits per heavy atom. The van der Waals surface area contributed by atoms with Crippen molar-refractivity contribution in [3.8, 4) is 11.5 Å². The molecule has 0 amide bonds. The van der Waals surface area contributed by atoms with Crippen LogP contribution < -0.4 is 14.4 Å². The van der Waals surface area contributed by atoms with Crippen molar-refractivity contribution in [2.75, 3.05) is 18.6 Å². The standard InChI is InChI=1S/C28H23FN6O3/c1-37-19-10-8-18(9-11-19)16-34-17-20(38-24-7-4-14-30-28(24)34)15-26-32-31-25-13-12-23(33-35(25)26)27(36)21-5-2-3-6-22(21)29/h2-14,20H,15-17H2,1H3. The molecule has 1 unspecified atom stereocenters. The van der Waals surface area contributed by atoms with E-state index < -0.39 is 11.6 Å². The molecular formula is C28H23FN6O3. The number of anilines is 1. The van der Waals surface area contributed by atoms with Gasteiger partial charge in [0.15, 0.2) is 23.0 Å². The first-order chi connectivity index (χ1) is 18.6. The molecule has 1 aliphatic heterocycles. The Hall–Kier alpha value is -4.86. The zero-order valence-electron chi connectivity index (χ0n) is 20.5. The van der Waals surface area contributed by atoms with Crippen LogP contribution in [0.25, 0.3) is 5.65 Å². The van der Waals surface area contributed by atoms with Crippen LogP contribution >= 0.6 is 0 Å². The molecule has 4 heterocycles. The first-order valence-corrected chi connectivity index (χ1v) is 12.1. The second-order valence-corrected chi connectivity index (χ2v) is 8.91. The van der Waals surface area contributed by atoms with Crippen LogP contribution in [0.15, 0.2) is 79.0 Å². The zero-order valence-corrected chi connectivity index (χ0v) is 20.5. The first-order valence-electron chi connectivity index (χ1n) is 12.1. The van der Waals surface area contributed by atoms with E-state index in [1.165, 1.54) is 28.8 Å². The molecule has 0 saturated heterocycles. The van der Waals surface area contributed by atoms with Crippen LogP contribution in [0.2, 0.25) is 0 Å². The number of aromatic nitrogens is 5. The summed E-state index contributed by atoms with van der Waals surface area (Å²) in [5.74, 6) is 1.67. The van der Waals surface area contributed by atoms with Crippen molar-refractivity contribution in [3.05, 3.63) is 107 Å². The van der Waals surface area contributed by atoms with Gasteiger partial charge in [-0.1, -0.05) is 24.3 Å². The minimum Gasteiger partial charge on any atom is -0.497 e. The molecule has 38 heavy (non-hydrogen) atoms. The molecular weight excluding hydrogens is 487 g/mol. The number of carbonyl (C=O) groups is 1. The number of fused-ring (bicyclic) bond motifs is 2. The van der Waals surface area contributed by atoms with Crippen LogP contribution in [0.4, 0.5) is 10.2 Å². The number of hydrogen-bond acceptors (Lipinski definition) is 8. The van der Waals surface area contributed by atoms with Gasteiger partial charge in [-0.2, -0.15) is 9.61 Å². The van der Waals surface area contributed by atoms with Crippen molar-refractivity contribution in [1.82, 2.24) is 24.8 Å². The van der Waals surface area contributed by atoms with Gasteiger partial charge in [0, 0.05) is 19.2 Å². The highest BCUT2D eigenvalue weighted by Gasteiger charge is 2.29. The summed E-state index contributed by atoms with van der Waals surface area (Å²) in [6, 6.07) is 20.7. The smallest absolute Gasteiger partial charge is 0.216 e. The Morgan fingerprint density at radius 1 is 1.05 bits per heavy atom. The molecule has 190 valence electrons.